The number of likely N-dealkylation sites (tertiary alicyclic amines) is 1. The van der Waals surface area contributed by atoms with Gasteiger partial charge in [-0.05, 0) is 40.5 Å². The predicted molar refractivity (Wildman–Crippen MR) is 94.6 cm³/mol. The Morgan fingerprint density at radius 3 is 2.30 bits per heavy atom. The molecule has 2 atom stereocenters. The highest BCUT2D eigenvalue weighted by Crippen LogP contribution is 2.37. The van der Waals surface area contributed by atoms with Gasteiger partial charge in [0.15, 0.2) is 5.00 Å². The van der Waals surface area contributed by atoms with Gasteiger partial charge in [0.05, 0.1) is 0 Å². The Bertz CT molecular complexity index is 708. The summed E-state index contributed by atoms with van der Waals surface area (Å²) in [7, 11) is -0.809. The van der Waals surface area contributed by atoms with Crippen LogP contribution in [0.15, 0.2) is 11.1 Å². The Morgan fingerprint density at radius 1 is 1.30 bits per heavy atom. The highest BCUT2D eigenvalue weighted by atomic mass is 32.2. The largest absolute Gasteiger partial charge is 0.444 e. The number of halogens is 3. The molecule has 0 aromatic carbocycles. The molecule has 1 fully saturated rings. The molecule has 2 rings (SSSR count). The zero-order valence-electron chi connectivity index (χ0n) is 16.2. The Hall–Kier alpha value is -1.58. The lowest BCUT2D eigenvalue weighted by molar-refractivity contribution is 0.0132. The first kappa shape index (κ1) is 21.7. The van der Waals surface area contributed by atoms with Crippen molar-refractivity contribution >= 4 is 16.9 Å². The van der Waals surface area contributed by atoms with Gasteiger partial charge < -0.3 is 9.64 Å². The Kier molecular flexibility index (Phi) is 6.28. The van der Waals surface area contributed by atoms with E-state index < -0.39 is 45.5 Å². The first-order valence-corrected chi connectivity index (χ1v) is 9.88. The average Bonchev–Trinajstić information content (AvgIpc) is 2.94. The lowest BCUT2D eigenvalue weighted by Gasteiger charge is -2.37. The van der Waals surface area contributed by atoms with Gasteiger partial charge in [-0.25, -0.2) is 22.2 Å². The van der Waals surface area contributed by atoms with Crippen molar-refractivity contribution in [3.8, 4) is 0 Å². The maximum absolute atomic E-state index is 15.4. The summed E-state index contributed by atoms with van der Waals surface area (Å²) in [4.78, 5) is 13.6. The number of aromatic nitrogens is 2. The SMILES string of the molecule is Cn1nc(C(F)F)cc1S(=O)C(C)(F)C1CCN(C(=O)OC(C)(C)C)CC1. The minimum atomic E-state index is -2.81. The molecule has 1 aliphatic heterocycles. The van der Waals surface area contributed by atoms with Gasteiger partial charge >= 0.3 is 6.09 Å². The van der Waals surface area contributed by atoms with E-state index in [9.17, 15) is 17.8 Å². The maximum atomic E-state index is 15.4. The normalized spacial score (nSPS) is 19.8. The van der Waals surface area contributed by atoms with Gasteiger partial charge in [0.1, 0.15) is 27.1 Å². The summed E-state index contributed by atoms with van der Waals surface area (Å²) in [5.74, 6) is -0.582. The molecule has 1 aromatic heterocycles. The van der Waals surface area contributed by atoms with Crippen molar-refractivity contribution in [2.45, 2.75) is 62.6 Å². The van der Waals surface area contributed by atoms with E-state index in [1.807, 2.05) is 0 Å². The van der Waals surface area contributed by atoms with Gasteiger partial charge in [0.2, 0.25) is 0 Å². The van der Waals surface area contributed by atoms with Crippen molar-refractivity contribution in [3.63, 3.8) is 0 Å². The average molecular weight is 409 g/mol. The van der Waals surface area contributed by atoms with Gasteiger partial charge in [-0.1, -0.05) is 0 Å². The fraction of sp³-hybridized carbons (Fsp3) is 0.765. The number of hydrogen-bond acceptors (Lipinski definition) is 4. The van der Waals surface area contributed by atoms with Gasteiger partial charge in [-0.2, -0.15) is 5.10 Å². The minimum absolute atomic E-state index is 0.0788. The quantitative estimate of drug-likeness (QED) is 0.759. The number of rotatable bonds is 4. The summed E-state index contributed by atoms with van der Waals surface area (Å²) in [6.45, 7) is 7.07. The predicted octanol–water partition coefficient (Wildman–Crippen LogP) is 3.80. The lowest BCUT2D eigenvalue weighted by Crippen LogP contribution is -2.46. The van der Waals surface area contributed by atoms with Gasteiger partial charge in [-0.3, -0.25) is 4.68 Å². The number of carbonyl (C=O) groups excluding carboxylic acids is 1. The molecule has 6 nitrogen and oxygen atoms in total. The molecule has 0 spiro atoms. The summed E-state index contributed by atoms with van der Waals surface area (Å²) in [6, 6.07) is 0.981. The van der Waals surface area contributed by atoms with Crippen LogP contribution in [0.4, 0.5) is 18.0 Å². The molecule has 0 aliphatic carbocycles. The van der Waals surface area contributed by atoms with Gasteiger partial charge in [-0.15, -0.1) is 0 Å². The van der Waals surface area contributed by atoms with Crippen LogP contribution in [-0.4, -0.2) is 48.7 Å². The van der Waals surface area contributed by atoms with Crippen LogP contribution in [0.3, 0.4) is 0 Å². The van der Waals surface area contributed by atoms with Gasteiger partial charge in [0.25, 0.3) is 6.43 Å². The molecule has 0 radical (unpaired) electrons. The Balaban J connectivity index is 2.06. The highest BCUT2D eigenvalue weighted by Gasteiger charge is 2.44. The topological polar surface area (TPSA) is 64.4 Å². The zero-order chi connectivity index (χ0) is 20.6. The minimum Gasteiger partial charge on any atom is -0.444 e. The second-order valence-corrected chi connectivity index (χ2v) is 9.58. The third-order valence-electron chi connectivity index (χ3n) is 4.51. The number of amides is 1. The number of aryl methyl sites for hydroxylation is 1. The smallest absolute Gasteiger partial charge is 0.410 e. The van der Waals surface area contributed by atoms with E-state index in [-0.39, 0.29) is 18.1 Å². The number of ether oxygens (including phenoxy) is 1. The molecule has 10 heteroatoms. The lowest BCUT2D eigenvalue weighted by atomic mass is 9.92. The molecule has 1 saturated heterocycles. The van der Waals surface area contributed by atoms with Gasteiger partial charge in [0, 0.05) is 32.1 Å². The molecule has 27 heavy (non-hydrogen) atoms. The molecule has 0 bridgehead atoms. The number of piperidine rings is 1. The summed E-state index contributed by atoms with van der Waals surface area (Å²) >= 11 is 0. The highest BCUT2D eigenvalue weighted by molar-refractivity contribution is 7.86. The summed E-state index contributed by atoms with van der Waals surface area (Å²) in [6.07, 6.45) is -2.67. The molecule has 1 amide bonds. The van der Waals surface area contributed by atoms with Crippen molar-refractivity contribution in [2.75, 3.05) is 13.1 Å². The van der Waals surface area contributed by atoms with Crippen molar-refractivity contribution in [3.05, 3.63) is 11.8 Å². The molecule has 1 aromatic rings. The van der Waals surface area contributed by atoms with E-state index in [1.165, 1.54) is 18.9 Å². The maximum Gasteiger partial charge on any atom is 0.410 e. The Morgan fingerprint density at radius 2 is 1.85 bits per heavy atom. The molecular formula is C17H26F3N3O3S. The van der Waals surface area contributed by atoms with Crippen molar-refractivity contribution in [2.24, 2.45) is 13.0 Å². The van der Waals surface area contributed by atoms with Crippen LogP contribution in [0.1, 0.15) is 52.7 Å². The Labute approximate surface area is 159 Å². The van der Waals surface area contributed by atoms with Crippen molar-refractivity contribution < 1.29 is 26.9 Å². The fourth-order valence-electron chi connectivity index (χ4n) is 3.01. The van der Waals surface area contributed by atoms with E-state index in [1.54, 1.807) is 20.8 Å². The summed E-state index contributed by atoms with van der Waals surface area (Å²) in [5.41, 5.74) is -1.15. The van der Waals surface area contributed by atoms with Crippen LogP contribution in [0, 0.1) is 5.92 Å². The monoisotopic (exact) mass is 409 g/mol. The van der Waals surface area contributed by atoms with Crippen LogP contribution < -0.4 is 0 Å². The first-order chi connectivity index (χ1) is 12.3. The van der Waals surface area contributed by atoms with E-state index in [4.69, 9.17) is 4.74 Å². The van der Waals surface area contributed by atoms with E-state index in [2.05, 4.69) is 5.10 Å². The number of nitrogens with zero attached hydrogens (tertiary/aromatic N) is 3. The summed E-state index contributed by atoms with van der Waals surface area (Å²) < 4.78 is 60.1. The van der Waals surface area contributed by atoms with Crippen molar-refractivity contribution in [1.29, 1.82) is 0 Å². The number of carbonyl (C=O) groups is 1. The molecule has 2 unspecified atom stereocenters. The summed E-state index contributed by atoms with van der Waals surface area (Å²) in [5, 5.41) is 1.39. The first-order valence-electron chi connectivity index (χ1n) is 8.73. The number of alkyl halides is 3. The van der Waals surface area contributed by atoms with Crippen LogP contribution in [0.5, 0.6) is 0 Å². The third kappa shape index (κ3) is 5.03. The molecule has 0 N–H and O–H groups in total. The number of hydrogen-bond donors (Lipinski definition) is 0. The van der Waals surface area contributed by atoms with Crippen LogP contribution in [0.25, 0.3) is 0 Å². The third-order valence-corrected chi connectivity index (χ3v) is 6.33. The molecular weight excluding hydrogens is 383 g/mol. The van der Waals surface area contributed by atoms with E-state index in [0.29, 0.717) is 12.8 Å². The fourth-order valence-corrected chi connectivity index (χ4v) is 4.47. The van der Waals surface area contributed by atoms with Crippen LogP contribution in [0.2, 0.25) is 0 Å². The van der Waals surface area contributed by atoms with Crippen molar-refractivity contribution in [1.82, 2.24) is 14.7 Å². The molecule has 2 heterocycles. The molecule has 154 valence electrons. The van der Waals surface area contributed by atoms with E-state index >= 15 is 4.39 Å². The van der Waals surface area contributed by atoms with Crippen LogP contribution in [-0.2, 0) is 22.6 Å². The second-order valence-electron chi connectivity index (χ2n) is 7.83. The standard InChI is InChI=1S/C17H26F3N3O3S/c1-16(2,3)26-15(24)23-8-6-11(7-9-23)17(4,20)27(25)13-10-12(14(18)19)21-22(13)5/h10-11,14H,6-9H2,1-5H3. The molecule has 1 aliphatic rings. The van der Waals surface area contributed by atoms with E-state index in [0.717, 1.165) is 10.7 Å². The van der Waals surface area contributed by atoms with Crippen LogP contribution >= 0.6 is 0 Å². The molecule has 0 saturated carbocycles. The zero-order valence-corrected chi connectivity index (χ0v) is 17.0. The second kappa shape index (κ2) is 7.81.